The molecular formula is C33H42F3N5O7S. The van der Waals surface area contributed by atoms with Gasteiger partial charge in [-0.1, -0.05) is 0 Å². The van der Waals surface area contributed by atoms with Gasteiger partial charge in [0.05, 0.1) is 35.4 Å². The summed E-state index contributed by atoms with van der Waals surface area (Å²) in [4.78, 5) is 66.9. The minimum atomic E-state index is -4.80. The summed E-state index contributed by atoms with van der Waals surface area (Å²) < 4.78 is 51.1. The number of piperidine rings is 1. The Hall–Kier alpha value is -4.47. The van der Waals surface area contributed by atoms with E-state index >= 15 is 0 Å². The van der Waals surface area contributed by atoms with Gasteiger partial charge in [-0.15, -0.1) is 11.8 Å². The van der Waals surface area contributed by atoms with Crippen molar-refractivity contribution in [3.63, 3.8) is 0 Å². The van der Waals surface area contributed by atoms with Crippen LogP contribution in [0, 0.1) is 0 Å². The molecule has 1 aliphatic heterocycles. The monoisotopic (exact) mass is 709 g/mol. The number of benzene rings is 2. The van der Waals surface area contributed by atoms with Crippen LogP contribution in [-0.4, -0.2) is 84.0 Å². The summed E-state index contributed by atoms with van der Waals surface area (Å²) in [6, 6.07) is 7.64. The second kappa shape index (κ2) is 15.8. The molecule has 2 unspecified atom stereocenters. The average Bonchev–Trinajstić information content (AvgIpc) is 2.98. The molecule has 3 rings (SSSR count). The third-order valence-electron chi connectivity index (χ3n) is 6.92. The number of halogens is 3. The lowest BCUT2D eigenvalue weighted by molar-refractivity contribution is -0.137. The van der Waals surface area contributed by atoms with Gasteiger partial charge < -0.3 is 30.3 Å². The van der Waals surface area contributed by atoms with Crippen LogP contribution >= 0.6 is 11.8 Å². The number of nitrogens with one attached hydrogen (secondary N) is 4. The van der Waals surface area contributed by atoms with Crippen LogP contribution in [0.15, 0.2) is 47.4 Å². The smallest absolute Gasteiger partial charge is 0.416 e. The van der Waals surface area contributed by atoms with E-state index in [0.29, 0.717) is 17.7 Å². The highest BCUT2D eigenvalue weighted by atomic mass is 32.2. The zero-order valence-electron chi connectivity index (χ0n) is 28.4. The van der Waals surface area contributed by atoms with Gasteiger partial charge >= 0.3 is 18.4 Å². The second-order valence-corrected chi connectivity index (χ2v) is 14.1. The third-order valence-corrected chi connectivity index (χ3v) is 7.66. The van der Waals surface area contributed by atoms with E-state index in [4.69, 9.17) is 9.47 Å². The van der Waals surface area contributed by atoms with Gasteiger partial charge in [0.1, 0.15) is 11.2 Å². The summed E-state index contributed by atoms with van der Waals surface area (Å²) >= 11 is 1.52. The number of hydrogen-bond donors (Lipinski definition) is 4. The Morgan fingerprint density at radius 2 is 1.49 bits per heavy atom. The Balaban J connectivity index is 1.77. The van der Waals surface area contributed by atoms with Gasteiger partial charge in [0.15, 0.2) is 0 Å². The number of hydrogen-bond acceptors (Lipinski definition) is 8. The van der Waals surface area contributed by atoms with Crippen LogP contribution in [0.2, 0.25) is 0 Å². The van der Waals surface area contributed by atoms with Crippen LogP contribution in [0.5, 0.6) is 0 Å². The summed E-state index contributed by atoms with van der Waals surface area (Å²) in [5.74, 6) is -2.23. The van der Waals surface area contributed by atoms with Crippen molar-refractivity contribution < 1.29 is 46.6 Å². The molecule has 0 aromatic heterocycles. The molecule has 0 saturated carbocycles. The topological polar surface area (TPSA) is 155 Å². The van der Waals surface area contributed by atoms with Gasteiger partial charge in [-0.3, -0.25) is 19.7 Å². The molecule has 2 aromatic carbocycles. The fourth-order valence-electron chi connectivity index (χ4n) is 4.70. The normalized spacial score (nSPS) is 16.7. The number of thioether (sulfide) groups is 1. The molecule has 0 bridgehead atoms. The molecule has 12 nitrogen and oxygen atoms in total. The zero-order chi connectivity index (χ0) is 36.7. The van der Waals surface area contributed by atoms with Crippen LogP contribution in [0.4, 0.5) is 28.4 Å². The van der Waals surface area contributed by atoms with E-state index < -0.39 is 77.0 Å². The molecule has 1 heterocycles. The fourth-order valence-corrected chi connectivity index (χ4v) is 5.11. The van der Waals surface area contributed by atoms with E-state index in [1.54, 1.807) is 65.8 Å². The highest BCUT2D eigenvalue weighted by Gasteiger charge is 2.36. The molecule has 0 spiro atoms. The molecule has 4 N–H and O–H groups in total. The lowest BCUT2D eigenvalue weighted by atomic mass is 9.98. The Bertz CT molecular complexity index is 1540. The Kier molecular flexibility index (Phi) is 12.6. The minimum Gasteiger partial charge on any atom is -0.444 e. The van der Waals surface area contributed by atoms with Crippen molar-refractivity contribution in [2.45, 2.75) is 82.3 Å². The van der Waals surface area contributed by atoms with Crippen molar-refractivity contribution in [3.8, 4) is 0 Å². The Morgan fingerprint density at radius 3 is 2.06 bits per heavy atom. The van der Waals surface area contributed by atoms with Crippen LogP contribution in [-0.2, 0) is 20.4 Å². The van der Waals surface area contributed by atoms with Crippen LogP contribution in [0.1, 0.15) is 74.2 Å². The number of nitrogens with zero attached hydrogens (tertiary/aromatic N) is 1. The molecule has 268 valence electrons. The second-order valence-electron chi connectivity index (χ2n) is 13.3. The molecule has 1 fully saturated rings. The van der Waals surface area contributed by atoms with Crippen LogP contribution in [0.25, 0.3) is 0 Å². The summed E-state index contributed by atoms with van der Waals surface area (Å²) in [5, 5.41) is 10.2. The van der Waals surface area contributed by atoms with Gasteiger partial charge in [-0.2, -0.15) is 13.2 Å². The van der Waals surface area contributed by atoms with Gasteiger partial charge in [0.25, 0.3) is 11.8 Å². The van der Waals surface area contributed by atoms with Crippen molar-refractivity contribution in [1.82, 2.24) is 20.9 Å². The van der Waals surface area contributed by atoms with E-state index in [1.165, 1.54) is 16.7 Å². The molecule has 0 aliphatic carbocycles. The number of amides is 5. The highest BCUT2D eigenvalue weighted by Crippen LogP contribution is 2.32. The van der Waals surface area contributed by atoms with Crippen molar-refractivity contribution in [1.29, 1.82) is 0 Å². The van der Waals surface area contributed by atoms with Crippen molar-refractivity contribution in [2.75, 3.05) is 31.2 Å². The lowest BCUT2D eigenvalue weighted by Crippen LogP contribution is -2.62. The van der Waals surface area contributed by atoms with Gasteiger partial charge in [0, 0.05) is 23.5 Å². The Labute approximate surface area is 287 Å². The molecule has 49 heavy (non-hydrogen) atoms. The van der Waals surface area contributed by atoms with Gasteiger partial charge in [-0.25, -0.2) is 9.59 Å². The fraction of sp³-hybridized carbons (Fsp3) is 0.485. The summed E-state index contributed by atoms with van der Waals surface area (Å²) in [6.45, 7) is 9.39. The predicted molar refractivity (Wildman–Crippen MR) is 177 cm³/mol. The molecule has 2 atom stereocenters. The quantitative estimate of drug-likeness (QED) is 0.265. The maximum absolute atomic E-state index is 13.5. The van der Waals surface area contributed by atoms with Crippen LogP contribution < -0.4 is 21.3 Å². The van der Waals surface area contributed by atoms with E-state index in [9.17, 15) is 37.1 Å². The maximum atomic E-state index is 13.5. The summed E-state index contributed by atoms with van der Waals surface area (Å²) in [7, 11) is 0. The maximum Gasteiger partial charge on any atom is 0.416 e. The number of likely N-dealkylation sites (tertiary alicyclic amines) is 1. The molecule has 5 amide bonds. The number of ether oxygens (including phenoxy) is 2. The first-order valence-electron chi connectivity index (χ1n) is 15.4. The van der Waals surface area contributed by atoms with E-state index in [0.717, 1.165) is 11.0 Å². The van der Waals surface area contributed by atoms with Crippen molar-refractivity contribution >= 4 is 47.4 Å². The van der Waals surface area contributed by atoms with Crippen LogP contribution in [0.3, 0.4) is 0 Å². The number of carbonyl (C=O) groups excluding carboxylic acids is 5. The minimum absolute atomic E-state index is 0.0391. The largest absolute Gasteiger partial charge is 0.444 e. The first-order valence-corrected chi connectivity index (χ1v) is 16.6. The van der Waals surface area contributed by atoms with E-state index in [-0.39, 0.29) is 25.2 Å². The number of alkyl halides is 3. The van der Waals surface area contributed by atoms with E-state index in [1.807, 2.05) is 6.26 Å². The highest BCUT2D eigenvalue weighted by molar-refractivity contribution is 7.98. The summed E-state index contributed by atoms with van der Waals surface area (Å²) in [5.41, 5.74) is -3.29. The molecule has 0 radical (unpaired) electrons. The average molecular weight is 710 g/mol. The first-order chi connectivity index (χ1) is 22.6. The van der Waals surface area contributed by atoms with Crippen molar-refractivity contribution in [2.24, 2.45) is 0 Å². The van der Waals surface area contributed by atoms with Gasteiger partial charge in [0.2, 0.25) is 5.91 Å². The SMILES string of the molecule is CSc1ccc(C(=O)NC2CCN(C(=O)OC(C)(C)C)CC2NC(=O)CNC(=O)c2cc(C(F)(F)F)ccc2NC(=O)OC(C)(C)C)cc1. The van der Waals surface area contributed by atoms with Gasteiger partial charge in [-0.05, 0) is 96.7 Å². The predicted octanol–water partition coefficient (Wildman–Crippen LogP) is 5.43. The third kappa shape index (κ3) is 12.2. The number of carbonyl (C=O) groups is 5. The molecule has 1 aliphatic rings. The molecular weight excluding hydrogens is 667 g/mol. The van der Waals surface area contributed by atoms with Crippen molar-refractivity contribution in [3.05, 3.63) is 59.2 Å². The molecule has 1 saturated heterocycles. The first kappa shape index (κ1) is 39.0. The van der Waals surface area contributed by atoms with E-state index in [2.05, 4.69) is 21.3 Å². The summed E-state index contributed by atoms with van der Waals surface area (Å²) in [6.07, 6.45) is -4.25. The standard InChI is InChI=1S/C33H42F3N5O7S/c1-31(2,3)47-29(45)40-23-13-10-20(33(34,35)36)16-22(23)28(44)37-17-26(42)38-25-18-41(30(46)48-32(4,5)6)15-14-24(25)39-27(43)19-8-11-21(49-7)12-9-19/h8-13,16,24-25H,14-15,17-18H2,1-7H3,(H,37,44)(H,38,42)(H,39,43)(H,40,45). The molecule has 16 heteroatoms. The lowest BCUT2D eigenvalue weighted by Gasteiger charge is -2.39. The Morgan fingerprint density at radius 1 is 0.857 bits per heavy atom. The number of rotatable bonds is 8. The molecule has 2 aromatic rings. The zero-order valence-corrected chi connectivity index (χ0v) is 29.2. The number of anilines is 1.